The Labute approximate surface area is 181 Å². The van der Waals surface area contributed by atoms with Gasteiger partial charge in [0.25, 0.3) is 15.9 Å². The van der Waals surface area contributed by atoms with Gasteiger partial charge in [-0.1, -0.05) is 0 Å². The summed E-state index contributed by atoms with van der Waals surface area (Å²) in [4.78, 5) is 15.1. The number of rotatable bonds is 4. The van der Waals surface area contributed by atoms with Gasteiger partial charge in [-0.25, -0.2) is 12.8 Å². The normalized spacial score (nSPS) is 18.3. The topological polar surface area (TPSA) is 60.9 Å². The molecule has 31 heavy (non-hydrogen) atoms. The van der Waals surface area contributed by atoms with Gasteiger partial charge in [-0.05, 0) is 37.3 Å². The van der Waals surface area contributed by atoms with Crippen LogP contribution in [0.5, 0.6) is 0 Å². The second kappa shape index (κ2) is 8.40. The van der Waals surface area contributed by atoms with Gasteiger partial charge in [0.15, 0.2) is 0 Å². The number of sulfonamides is 1. The van der Waals surface area contributed by atoms with Crippen molar-refractivity contribution in [3.05, 3.63) is 46.6 Å². The molecule has 0 N–H and O–H groups in total. The van der Waals surface area contributed by atoms with E-state index in [1.807, 2.05) is 0 Å². The van der Waals surface area contributed by atoms with Gasteiger partial charge in [0.1, 0.15) is 10.0 Å². The van der Waals surface area contributed by atoms with Crippen molar-refractivity contribution in [2.24, 2.45) is 0 Å². The van der Waals surface area contributed by atoms with Gasteiger partial charge in [0.05, 0.1) is 10.4 Å². The molecule has 1 aliphatic rings. The van der Waals surface area contributed by atoms with E-state index in [9.17, 15) is 30.8 Å². The lowest BCUT2D eigenvalue weighted by atomic mass is 10.1. The van der Waals surface area contributed by atoms with Crippen molar-refractivity contribution in [1.82, 2.24) is 9.21 Å². The number of hydrogen-bond acceptors (Lipinski definition) is 5. The minimum Gasteiger partial charge on any atom is -0.368 e. The quantitative estimate of drug-likeness (QED) is 0.630. The van der Waals surface area contributed by atoms with Crippen LogP contribution in [-0.2, 0) is 16.2 Å². The lowest BCUT2D eigenvalue weighted by molar-refractivity contribution is -0.137. The average molecular weight is 480 g/mol. The van der Waals surface area contributed by atoms with Crippen molar-refractivity contribution in [3.63, 3.8) is 0 Å². The average Bonchev–Trinajstić information content (AvgIpc) is 3.17. The number of nitrogens with zero attached hydrogens (tertiary/aromatic N) is 3. The molecule has 1 aromatic carbocycles. The molecular weight excluding hydrogens is 458 g/mol. The van der Waals surface area contributed by atoms with Gasteiger partial charge >= 0.3 is 6.18 Å². The van der Waals surface area contributed by atoms with E-state index in [2.05, 4.69) is 0 Å². The summed E-state index contributed by atoms with van der Waals surface area (Å²) in [5, 5.41) is 0. The maximum absolute atomic E-state index is 13.4. The molecule has 170 valence electrons. The molecule has 1 fully saturated rings. The molecule has 2 heterocycles. The lowest BCUT2D eigenvalue weighted by Gasteiger charge is -2.40. The largest absolute Gasteiger partial charge is 0.418 e. The molecule has 0 spiro atoms. The van der Waals surface area contributed by atoms with E-state index in [1.54, 1.807) is 21.0 Å². The summed E-state index contributed by atoms with van der Waals surface area (Å²) in [6.07, 6.45) is -4.74. The Morgan fingerprint density at radius 3 is 2.42 bits per heavy atom. The first-order chi connectivity index (χ1) is 14.3. The standard InChI is InChI=1S/C19H21F4N3O3S2/c1-12-11-25(15-5-4-13(20)10-14(15)19(21,22)23)8-9-26(12)31(28,29)17-7-6-16(30-17)18(27)24(2)3/h4-7,10,12H,8-9,11H2,1-3H3/t12-/m1/s1. The highest BCUT2D eigenvalue weighted by molar-refractivity contribution is 7.91. The number of anilines is 1. The first-order valence-corrected chi connectivity index (χ1v) is 11.5. The van der Waals surface area contributed by atoms with Crippen LogP contribution in [0.25, 0.3) is 0 Å². The van der Waals surface area contributed by atoms with Gasteiger partial charge in [0, 0.05) is 45.5 Å². The van der Waals surface area contributed by atoms with E-state index in [0.717, 1.165) is 23.5 Å². The highest BCUT2D eigenvalue weighted by Crippen LogP contribution is 2.38. The molecule has 1 aromatic heterocycles. The van der Waals surface area contributed by atoms with Crippen LogP contribution >= 0.6 is 11.3 Å². The first kappa shape index (κ1) is 23.5. The van der Waals surface area contributed by atoms with E-state index < -0.39 is 33.6 Å². The zero-order valence-corrected chi connectivity index (χ0v) is 18.6. The Morgan fingerprint density at radius 1 is 1.16 bits per heavy atom. The minimum absolute atomic E-state index is 0.00278. The van der Waals surface area contributed by atoms with Gasteiger partial charge in [-0.15, -0.1) is 11.3 Å². The number of alkyl halides is 3. The van der Waals surface area contributed by atoms with Gasteiger partial charge < -0.3 is 9.80 Å². The Morgan fingerprint density at radius 2 is 1.84 bits per heavy atom. The van der Waals surface area contributed by atoms with Crippen molar-refractivity contribution >= 4 is 33.0 Å². The van der Waals surface area contributed by atoms with Gasteiger partial charge in [0.2, 0.25) is 0 Å². The Bertz CT molecular complexity index is 1080. The summed E-state index contributed by atoms with van der Waals surface area (Å²) >= 11 is 0.852. The summed E-state index contributed by atoms with van der Waals surface area (Å²) in [5.74, 6) is -1.31. The maximum atomic E-state index is 13.4. The molecule has 1 amide bonds. The second-order valence-corrected chi connectivity index (χ2v) is 10.6. The molecule has 0 bridgehead atoms. The van der Waals surface area contributed by atoms with Crippen LogP contribution in [0.15, 0.2) is 34.5 Å². The number of benzene rings is 1. The number of carbonyl (C=O) groups is 1. The molecule has 0 unspecified atom stereocenters. The molecule has 12 heteroatoms. The summed E-state index contributed by atoms with van der Waals surface area (Å²) in [7, 11) is -0.813. The lowest BCUT2D eigenvalue weighted by Crippen LogP contribution is -2.54. The molecule has 1 atom stereocenters. The fourth-order valence-corrected chi connectivity index (χ4v) is 6.51. The molecule has 0 radical (unpaired) electrons. The molecule has 0 aliphatic carbocycles. The third kappa shape index (κ3) is 4.70. The molecule has 3 rings (SSSR count). The molecule has 1 aliphatic heterocycles. The fourth-order valence-electron chi connectivity index (χ4n) is 3.44. The summed E-state index contributed by atoms with van der Waals surface area (Å²) < 4.78 is 80.9. The highest BCUT2D eigenvalue weighted by atomic mass is 32.2. The predicted octanol–water partition coefficient (Wildman–Crippen LogP) is 3.51. The smallest absolute Gasteiger partial charge is 0.368 e. The zero-order valence-electron chi connectivity index (χ0n) is 17.0. The summed E-state index contributed by atoms with van der Waals surface area (Å²) in [6, 6.07) is 4.62. The van der Waals surface area contributed by atoms with Crippen molar-refractivity contribution in [2.45, 2.75) is 23.4 Å². The number of thiophene rings is 1. The molecule has 0 saturated carbocycles. The number of carbonyl (C=O) groups excluding carboxylic acids is 1. The van der Waals surface area contributed by atoms with E-state index in [4.69, 9.17) is 0 Å². The first-order valence-electron chi connectivity index (χ1n) is 9.27. The summed E-state index contributed by atoms with van der Waals surface area (Å²) in [5.41, 5.74) is -1.28. The third-order valence-electron chi connectivity index (χ3n) is 4.93. The van der Waals surface area contributed by atoms with Crippen molar-refractivity contribution in [3.8, 4) is 0 Å². The van der Waals surface area contributed by atoms with E-state index in [-0.39, 0.29) is 40.3 Å². The molecule has 1 saturated heterocycles. The SMILES string of the molecule is C[C@@H]1CN(c2ccc(F)cc2C(F)(F)F)CCN1S(=O)(=O)c1ccc(C(=O)N(C)C)s1. The predicted molar refractivity (Wildman–Crippen MR) is 109 cm³/mol. The molecule has 6 nitrogen and oxygen atoms in total. The summed E-state index contributed by atoms with van der Waals surface area (Å²) in [6.45, 7) is 1.56. The third-order valence-corrected chi connectivity index (χ3v) is 8.49. The highest BCUT2D eigenvalue weighted by Gasteiger charge is 2.39. The number of amides is 1. The van der Waals surface area contributed by atoms with E-state index >= 15 is 0 Å². The number of hydrogen-bond donors (Lipinski definition) is 0. The van der Waals surface area contributed by atoms with Gasteiger partial charge in [-0.3, -0.25) is 4.79 Å². The van der Waals surface area contributed by atoms with Crippen LogP contribution in [0, 0.1) is 5.82 Å². The van der Waals surface area contributed by atoms with Crippen molar-refractivity contribution < 1.29 is 30.8 Å². The van der Waals surface area contributed by atoms with Crippen LogP contribution < -0.4 is 4.90 Å². The van der Waals surface area contributed by atoms with Crippen molar-refractivity contribution in [2.75, 3.05) is 38.6 Å². The second-order valence-electron chi connectivity index (χ2n) is 7.39. The van der Waals surface area contributed by atoms with Crippen LogP contribution in [-0.4, -0.2) is 63.3 Å². The fraction of sp³-hybridized carbons (Fsp3) is 0.421. The number of piperazine rings is 1. The molecular formula is C19H21F4N3O3S2. The van der Waals surface area contributed by atoms with E-state index in [1.165, 1.54) is 26.2 Å². The maximum Gasteiger partial charge on any atom is 0.418 e. The van der Waals surface area contributed by atoms with E-state index in [0.29, 0.717) is 6.07 Å². The van der Waals surface area contributed by atoms with Crippen LogP contribution in [0.2, 0.25) is 0 Å². The van der Waals surface area contributed by atoms with Crippen LogP contribution in [0.3, 0.4) is 0 Å². The van der Waals surface area contributed by atoms with Crippen LogP contribution in [0.4, 0.5) is 23.2 Å². The zero-order chi connectivity index (χ0) is 23.1. The Hall–Kier alpha value is -2.18. The Kier molecular flexibility index (Phi) is 6.36. The Balaban J connectivity index is 1.83. The molecule has 2 aromatic rings. The monoisotopic (exact) mass is 479 g/mol. The van der Waals surface area contributed by atoms with Crippen LogP contribution in [0.1, 0.15) is 22.2 Å². The van der Waals surface area contributed by atoms with Crippen molar-refractivity contribution in [1.29, 1.82) is 0 Å². The number of halogens is 4. The van der Waals surface area contributed by atoms with Gasteiger partial charge in [-0.2, -0.15) is 17.5 Å². The minimum atomic E-state index is -4.74.